The van der Waals surface area contributed by atoms with Crippen LogP contribution in [-0.4, -0.2) is 33.1 Å². The Morgan fingerprint density at radius 3 is 2.70 bits per heavy atom. The highest BCUT2D eigenvalue weighted by Gasteiger charge is 2.15. The molecule has 0 fully saturated rings. The second kappa shape index (κ2) is 7.85. The summed E-state index contributed by atoms with van der Waals surface area (Å²) in [6, 6.07) is 4.95. The van der Waals surface area contributed by atoms with Crippen LogP contribution in [0.2, 0.25) is 0 Å². The fourth-order valence-corrected chi connectivity index (χ4v) is 1.99. The van der Waals surface area contributed by atoms with Crippen LogP contribution in [0, 0.1) is 11.7 Å². The third-order valence-corrected chi connectivity index (χ3v) is 2.91. The summed E-state index contributed by atoms with van der Waals surface area (Å²) in [7, 11) is 3.54. The minimum atomic E-state index is -0.308. The summed E-state index contributed by atoms with van der Waals surface area (Å²) in [6.45, 7) is 5.40. The van der Waals surface area contributed by atoms with Crippen LogP contribution in [0.4, 0.5) is 10.1 Å². The van der Waals surface area contributed by atoms with Crippen molar-refractivity contribution in [2.75, 3.05) is 32.1 Å². The number of benzene rings is 1. The zero-order valence-corrected chi connectivity index (χ0v) is 12.7. The van der Waals surface area contributed by atoms with Crippen LogP contribution < -0.4 is 15.5 Å². The number of hydrogen-bond donors (Lipinski definition) is 2. The molecule has 1 amide bonds. The molecule has 0 bridgehead atoms. The largest absolute Gasteiger partial charge is 0.363 e. The van der Waals surface area contributed by atoms with Gasteiger partial charge in [0.25, 0.3) is 0 Å². The van der Waals surface area contributed by atoms with Crippen molar-refractivity contribution in [3.8, 4) is 0 Å². The van der Waals surface area contributed by atoms with E-state index in [2.05, 4.69) is 10.6 Å². The van der Waals surface area contributed by atoms with E-state index in [0.29, 0.717) is 24.7 Å². The molecule has 0 aliphatic rings. The van der Waals surface area contributed by atoms with E-state index in [-0.39, 0.29) is 18.3 Å². The molecule has 0 radical (unpaired) electrons. The topological polar surface area (TPSA) is 44.4 Å². The van der Waals surface area contributed by atoms with Crippen molar-refractivity contribution in [1.29, 1.82) is 0 Å². The fourth-order valence-electron chi connectivity index (χ4n) is 1.99. The fraction of sp³-hybridized carbons (Fsp3) is 0.533. The summed E-state index contributed by atoms with van der Waals surface area (Å²) in [5, 5.41) is 5.84. The van der Waals surface area contributed by atoms with E-state index in [1.165, 1.54) is 6.07 Å². The number of rotatable bonds is 7. The second-order valence-electron chi connectivity index (χ2n) is 5.33. The highest BCUT2D eigenvalue weighted by molar-refractivity contribution is 5.81. The van der Waals surface area contributed by atoms with Crippen LogP contribution in [0.3, 0.4) is 0 Å². The van der Waals surface area contributed by atoms with Gasteiger partial charge in [-0.05, 0) is 24.6 Å². The van der Waals surface area contributed by atoms with E-state index in [1.807, 2.05) is 27.0 Å². The number of nitrogens with one attached hydrogen (secondary N) is 2. The van der Waals surface area contributed by atoms with Gasteiger partial charge in [-0.15, -0.1) is 0 Å². The smallest absolute Gasteiger partial charge is 0.239 e. The van der Waals surface area contributed by atoms with E-state index in [1.54, 1.807) is 18.0 Å². The molecule has 1 aromatic carbocycles. The van der Waals surface area contributed by atoms with Gasteiger partial charge in [0.15, 0.2) is 0 Å². The molecule has 0 atom stereocenters. The molecule has 0 aromatic heterocycles. The van der Waals surface area contributed by atoms with Crippen LogP contribution in [0.5, 0.6) is 0 Å². The van der Waals surface area contributed by atoms with Crippen LogP contribution in [-0.2, 0) is 11.3 Å². The molecule has 1 rings (SSSR count). The van der Waals surface area contributed by atoms with E-state index in [9.17, 15) is 9.18 Å². The van der Waals surface area contributed by atoms with Gasteiger partial charge in [0.1, 0.15) is 5.82 Å². The Kier molecular flexibility index (Phi) is 6.45. The first kappa shape index (κ1) is 16.4. The SMILES string of the molecule is CNCc1cccc(F)c1N(C)CC(=O)NCC(C)C. The molecule has 20 heavy (non-hydrogen) atoms. The number of anilines is 1. The lowest BCUT2D eigenvalue weighted by atomic mass is 10.1. The lowest BCUT2D eigenvalue weighted by molar-refractivity contribution is -0.119. The van der Waals surface area contributed by atoms with E-state index in [0.717, 1.165) is 5.56 Å². The van der Waals surface area contributed by atoms with E-state index in [4.69, 9.17) is 0 Å². The van der Waals surface area contributed by atoms with Gasteiger partial charge in [0, 0.05) is 20.1 Å². The molecule has 2 N–H and O–H groups in total. The van der Waals surface area contributed by atoms with Crippen molar-refractivity contribution < 1.29 is 9.18 Å². The Morgan fingerprint density at radius 2 is 2.10 bits per heavy atom. The Morgan fingerprint density at radius 1 is 1.40 bits per heavy atom. The Balaban J connectivity index is 2.76. The summed E-state index contributed by atoms with van der Waals surface area (Å²) in [6.07, 6.45) is 0. The van der Waals surface area contributed by atoms with Crippen molar-refractivity contribution in [3.63, 3.8) is 0 Å². The normalized spacial score (nSPS) is 10.7. The van der Waals surface area contributed by atoms with Crippen molar-refractivity contribution in [1.82, 2.24) is 10.6 Å². The third-order valence-electron chi connectivity index (χ3n) is 2.91. The van der Waals surface area contributed by atoms with Crippen molar-refractivity contribution in [2.24, 2.45) is 5.92 Å². The first-order valence-corrected chi connectivity index (χ1v) is 6.85. The number of halogens is 1. The molecule has 0 aliphatic heterocycles. The standard InChI is InChI=1S/C15H24FN3O/c1-11(2)8-18-14(20)10-19(4)15-12(9-17-3)6-5-7-13(15)16/h5-7,11,17H,8-10H2,1-4H3,(H,18,20). The Hall–Kier alpha value is -1.62. The van der Waals surface area contributed by atoms with Gasteiger partial charge in [0.05, 0.1) is 12.2 Å². The maximum absolute atomic E-state index is 14.0. The van der Waals surface area contributed by atoms with Crippen LogP contribution in [0.25, 0.3) is 0 Å². The quantitative estimate of drug-likeness (QED) is 0.800. The zero-order chi connectivity index (χ0) is 15.1. The molecule has 0 saturated carbocycles. The number of carbonyl (C=O) groups is 1. The maximum atomic E-state index is 14.0. The molecular formula is C15H24FN3O. The molecular weight excluding hydrogens is 257 g/mol. The molecule has 0 spiro atoms. The minimum Gasteiger partial charge on any atom is -0.363 e. The summed E-state index contributed by atoms with van der Waals surface area (Å²) >= 11 is 0. The second-order valence-corrected chi connectivity index (χ2v) is 5.33. The summed E-state index contributed by atoms with van der Waals surface area (Å²) in [5.41, 5.74) is 1.31. The average molecular weight is 281 g/mol. The Labute approximate surface area is 120 Å². The van der Waals surface area contributed by atoms with Crippen molar-refractivity contribution in [3.05, 3.63) is 29.6 Å². The van der Waals surface area contributed by atoms with Gasteiger partial charge in [-0.2, -0.15) is 0 Å². The van der Waals surface area contributed by atoms with Gasteiger partial charge >= 0.3 is 0 Å². The first-order chi connectivity index (χ1) is 9.45. The maximum Gasteiger partial charge on any atom is 0.239 e. The van der Waals surface area contributed by atoms with E-state index < -0.39 is 0 Å². The monoisotopic (exact) mass is 281 g/mol. The summed E-state index contributed by atoms with van der Waals surface area (Å²) in [5.74, 6) is -0.00524. The highest BCUT2D eigenvalue weighted by Crippen LogP contribution is 2.23. The molecule has 0 aliphatic carbocycles. The lowest BCUT2D eigenvalue weighted by Gasteiger charge is -2.23. The number of carbonyl (C=O) groups excluding carboxylic acids is 1. The van der Waals surface area contributed by atoms with Gasteiger partial charge in [-0.3, -0.25) is 4.79 Å². The first-order valence-electron chi connectivity index (χ1n) is 6.85. The molecule has 1 aromatic rings. The minimum absolute atomic E-state index is 0.0974. The zero-order valence-electron chi connectivity index (χ0n) is 12.7. The van der Waals surface area contributed by atoms with Gasteiger partial charge in [-0.25, -0.2) is 4.39 Å². The molecule has 4 nitrogen and oxygen atoms in total. The predicted molar refractivity (Wildman–Crippen MR) is 80.3 cm³/mol. The van der Waals surface area contributed by atoms with Crippen LogP contribution in [0.15, 0.2) is 18.2 Å². The number of likely N-dealkylation sites (N-methyl/N-ethyl adjacent to an activating group) is 1. The molecule has 0 saturated heterocycles. The predicted octanol–water partition coefficient (Wildman–Crippen LogP) is 1.75. The molecule has 0 heterocycles. The average Bonchev–Trinajstić information content (AvgIpc) is 2.36. The number of amides is 1. The van der Waals surface area contributed by atoms with Crippen LogP contribution in [0.1, 0.15) is 19.4 Å². The summed E-state index contributed by atoms with van der Waals surface area (Å²) < 4.78 is 14.0. The number of hydrogen-bond acceptors (Lipinski definition) is 3. The highest BCUT2D eigenvalue weighted by atomic mass is 19.1. The lowest BCUT2D eigenvalue weighted by Crippen LogP contribution is -2.37. The number of nitrogens with zero attached hydrogens (tertiary/aromatic N) is 1. The third kappa shape index (κ3) is 4.81. The van der Waals surface area contributed by atoms with Crippen molar-refractivity contribution in [2.45, 2.75) is 20.4 Å². The van der Waals surface area contributed by atoms with Gasteiger partial charge in [0.2, 0.25) is 5.91 Å². The van der Waals surface area contributed by atoms with Crippen LogP contribution >= 0.6 is 0 Å². The van der Waals surface area contributed by atoms with E-state index >= 15 is 0 Å². The van der Waals surface area contributed by atoms with Gasteiger partial charge < -0.3 is 15.5 Å². The van der Waals surface area contributed by atoms with Crippen molar-refractivity contribution >= 4 is 11.6 Å². The molecule has 112 valence electrons. The molecule has 5 heteroatoms. The number of para-hydroxylation sites is 1. The summed E-state index contributed by atoms with van der Waals surface area (Å²) in [4.78, 5) is 13.5. The van der Waals surface area contributed by atoms with Gasteiger partial charge in [-0.1, -0.05) is 26.0 Å². The molecule has 0 unspecified atom stereocenters. The Bertz CT molecular complexity index is 449.